The lowest BCUT2D eigenvalue weighted by Gasteiger charge is -2.30. The molecular formula is C16H19NS. The van der Waals surface area contributed by atoms with Crippen LogP contribution in [-0.4, -0.2) is 6.54 Å². The van der Waals surface area contributed by atoms with Gasteiger partial charge in [-0.1, -0.05) is 43.7 Å². The average Bonchev–Trinajstić information content (AvgIpc) is 2.75. The summed E-state index contributed by atoms with van der Waals surface area (Å²) in [7, 11) is 0. The van der Waals surface area contributed by atoms with Crippen molar-refractivity contribution in [3.05, 3.63) is 46.3 Å². The van der Waals surface area contributed by atoms with Gasteiger partial charge in [-0.3, -0.25) is 0 Å². The minimum atomic E-state index is 0.265. The summed E-state index contributed by atoms with van der Waals surface area (Å²) in [5.74, 6) is 0. The standard InChI is InChI=1S/C16H19NS/c1-11-4-6-12(7-5-11)14-8-13-9-17-10-16(2,3)15(13)18-14/h4-8,17H,9-10H2,1-3H3. The Morgan fingerprint density at radius 2 is 1.89 bits per heavy atom. The number of aryl methyl sites for hydroxylation is 1. The zero-order valence-corrected chi connectivity index (χ0v) is 12.0. The largest absolute Gasteiger partial charge is 0.312 e. The van der Waals surface area contributed by atoms with Gasteiger partial charge in [0.2, 0.25) is 0 Å². The third kappa shape index (κ3) is 2.00. The van der Waals surface area contributed by atoms with Crippen LogP contribution in [0.1, 0.15) is 29.9 Å². The number of nitrogens with one attached hydrogen (secondary N) is 1. The molecule has 0 saturated carbocycles. The van der Waals surface area contributed by atoms with E-state index < -0.39 is 0 Å². The van der Waals surface area contributed by atoms with Crippen molar-refractivity contribution >= 4 is 11.3 Å². The molecule has 1 aromatic heterocycles. The fourth-order valence-electron chi connectivity index (χ4n) is 2.58. The van der Waals surface area contributed by atoms with E-state index in [2.05, 4.69) is 56.4 Å². The van der Waals surface area contributed by atoms with Gasteiger partial charge in [0.25, 0.3) is 0 Å². The molecule has 94 valence electrons. The second kappa shape index (κ2) is 4.22. The van der Waals surface area contributed by atoms with Crippen molar-refractivity contribution in [2.75, 3.05) is 6.54 Å². The molecule has 0 bridgehead atoms. The van der Waals surface area contributed by atoms with Crippen molar-refractivity contribution in [3.63, 3.8) is 0 Å². The Balaban J connectivity index is 2.05. The Labute approximate surface area is 113 Å². The zero-order chi connectivity index (χ0) is 12.8. The number of rotatable bonds is 1. The van der Waals surface area contributed by atoms with E-state index in [1.807, 2.05) is 11.3 Å². The van der Waals surface area contributed by atoms with Crippen molar-refractivity contribution in [2.45, 2.75) is 32.7 Å². The molecule has 0 radical (unpaired) electrons. The maximum absolute atomic E-state index is 3.51. The Morgan fingerprint density at radius 3 is 2.56 bits per heavy atom. The predicted octanol–water partition coefficient (Wildman–Crippen LogP) is 4.10. The first kappa shape index (κ1) is 11.9. The first-order chi connectivity index (χ1) is 8.56. The van der Waals surface area contributed by atoms with E-state index in [0.29, 0.717) is 0 Å². The van der Waals surface area contributed by atoms with Crippen LogP contribution in [0.5, 0.6) is 0 Å². The lowest BCUT2D eigenvalue weighted by molar-refractivity contribution is 0.445. The van der Waals surface area contributed by atoms with E-state index in [1.54, 1.807) is 4.88 Å². The lowest BCUT2D eigenvalue weighted by atomic mass is 9.86. The predicted molar refractivity (Wildman–Crippen MR) is 79.2 cm³/mol. The fourth-order valence-corrected chi connectivity index (χ4v) is 3.87. The molecule has 3 rings (SSSR count). The zero-order valence-electron chi connectivity index (χ0n) is 11.2. The van der Waals surface area contributed by atoms with Crippen LogP contribution in [0.2, 0.25) is 0 Å². The maximum atomic E-state index is 3.51. The van der Waals surface area contributed by atoms with Crippen LogP contribution in [-0.2, 0) is 12.0 Å². The van der Waals surface area contributed by atoms with E-state index in [1.165, 1.54) is 21.6 Å². The Bertz CT molecular complexity index is 563. The number of fused-ring (bicyclic) bond motifs is 1. The molecule has 1 aliphatic rings. The van der Waals surface area contributed by atoms with Gasteiger partial charge in [0.1, 0.15) is 0 Å². The Kier molecular flexibility index (Phi) is 2.80. The van der Waals surface area contributed by atoms with Gasteiger partial charge in [-0.25, -0.2) is 0 Å². The second-order valence-electron chi connectivity index (χ2n) is 5.82. The van der Waals surface area contributed by atoms with Gasteiger partial charge in [-0.15, -0.1) is 11.3 Å². The van der Waals surface area contributed by atoms with E-state index in [0.717, 1.165) is 13.1 Å². The van der Waals surface area contributed by atoms with Gasteiger partial charge >= 0.3 is 0 Å². The van der Waals surface area contributed by atoms with E-state index in [9.17, 15) is 0 Å². The van der Waals surface area contributed by atoms with Crippen molar-refractivity contribution in [2.24, 2.45) is 0 Å². The molecule has 0 unspecified atom stereocenters. The monoisotopic (exact) mass is 257 g/mol. The Hall–Kier alpha value is -1.12. The van der Waals surface area contributed by atoms with Crippen LogP contribution in [0.25, 0.3) is 10.4 Å². The number of hydrogen-bond donors (Lipinski definition) is 1. The topological polar surface area (TPSA) is 12.0 Å². The summed E-state index contributed by atoms with van der Waals surface area (Å²) in [6.45, 7) is 8.88. The normalized spacial score (nSPS) is 17.5. The summed E-state index contributed by atoms with van der Waals surface area (Å²) in [5.41, 5.74) is 4.41. The van der Waals surface area contributed by atoms with Crippen molar-refractivity contribution in [3.8, 4) is 10.4 Å². The molecule has 1 aliphatic heterocycles. The highest BCUT2D eigenvalue weighted by atomic mass is 32.1. The number of thiophene rings is 1. The summed E-state index contributed by atoms with van der Waals surface area (Å²) >= 11 is 1.96. The van der Waals surface area contributed by atoms with Crippen LogP contribution in [0, 0.1) is 6.92 Å². The molecule has 0 aliphatic carbocycles. The number of hydrogen-bond acceptors (Lipinski definition) is 2. The molecule has 0 atom stereocenters. The van der Waals surface area contributed by atoms with Gasteiger partial charge in [-0.05, 0) is 24.1 Å². The first-order valence-corrected chi connectivity index (χ1v) is 7.29. The van der Waals surface area contributed by atoms with E-state index in [-0.39, 0.29) is 5.41 Å². The molecule has 1 nitrogen and oxygen atoms in total. The van der Waals surface area contributed by atoms with Crippen LogP contribution >= 0.6 is 11.3 Å². The first-order valence-electron chi connectivity index (χ1n) is 6.47. The number of benzene rings is 1. The highest BCUT2D eigenvalue weighted by Gasteiger charge is 2.29. The van der Waals surface area contributed by atoms with Crippen molar-refractivity contribution in [1.29, 1.82) is 0 Å². The molecule has 0 saturated heterocycles. The van der Waals surface area contributed by atoms with Gasteiger partial charge in [0, 0.05) is 28.3 Å². The highest BCUT2D eigenvalue weighted by molar-refractivity contribution is 7.15. The quantitative estimate of drug-likeness (QED) is 0.811. The molecule has 1 aromatic carbocycles. The lowest BCUT2D eigenvalue weighted by Crippen LogP contribution is -2.37. The van der Waals surface area contributed by atoms with Crippen LogP contribution < -0.4 is 5.32 Å². The summed E-state index contributed by atoms with van der Waals surface area (Å²) in [5, 5.41) is 3.51. The molecule has 2 heteroatoms. The van der Waals surface area contributed by atoms with E-state index >= 15 is 0 Å². The highest BCUT2D eigenvalue weighted by Crippen LogP contribution is 2.40. The van der Waals surface area contributed by atoms with Crippen molar-refractivity contribution in [1.82, 2.24) is 5.32 Å². The molecule has 0 fully saturated rings. The third-order valence-electron chi connectivity index (χ3n) is 3.64. The summed E-state index contributed by atoms with van der Waals surface area (Å²) in [6, 6.07) is 11.2. The molecular weight excluding hydrogens is 238 g/mol. The molecule has 2 heterocycles. The maximum Gasteiger partial charge on any atom is 0.0349 e. The average molecular weight is 257 g/mol. The van der Waals surface area contributed by atoms with Gasteiger partial charge in [-0.2, -0.15) is 0 Å². The van der Waals surface area contributed by atoms with Crippen LogP contribution in [0.3, 0.4) is 0 Å². The van der Waals surface area contributed by atoms with E-state index in [4.69, 9.17) is 0 Å². The molecule has 0 spiro atoms. The molecule has 1 N–H and O–H groups in total. The minimum Gasteiger partial charge on any atom is -0.312 e. The fraction of sp³-hybridized carbons (Fsp3) is 0.375. The Morgan fingerprint density at radius 1 is 1.17 bits per heavy atom. The van der Waals surface area contributed by atoms with Gasteiger partial charge in [0.05, 0.1) is 0 Å². The van der Waals surface area contributed by atoms with Gasteiger partial charge < -0.3 is 5.32 Å². The van der Waals surface area contributed by atoms with Crippen LogP contribution in [0.4, 0.5) is 0 Å². The smallest absolute Gasteiger partial charge is 0.0349 e. The molecule has 18 heavy (non-hydrogen) atoms. The van der Waals surface area contributed by atoms with Crippen LogP contribution in [0.15, 0.2) is 30.3 Å². The third-order valence-corrected chi connectivity index (χ3v) is 5.23. The molecule has 0 amide bonds. The summed E-state index contributed by atoms with van der Waals surface area (Å²) < 4.78 is 0. The summed E-state index contributed by atoms with van der Waals surface area (Å²) in [6.07, 6.45) is 0. The molecule has 2 aromatic rings. The SMILES string of the molecule is Cc1ccc(-c2cc3c(s2)C(C)(C)CNC3)cc1. The second-order valence-corrected chi connectivity index (χ2v) is 6.87. The minimum absolute atomic E-state index is 0.265. The van der Waals surface area contributed by atoms with Gasteiger partial charge in [0.15, 0.2) is 0 Å². The van der Waals surface area contributed by atoms with Crippen molar-refractivity contribution < 1.29 is 0 Å². The summed E-state index contributed by atoms with van der Waals surface area (Å²) in [4.78, 5) is 2.95.